The molecule has 1 aromatic heterocycles. The number of β-amino-alcohol motifs (C(OH)–C–C–N with tert-alkyl or cyclic N) is 1. The number of nitrogens with zero attached hydrogens (tertiary/aromatic N) is 3. The van der Waals surface area contributed by atoms with Crippen LogP contribution in [0.15, 0.2) is 69.1 Å². The lowest BCUT2D eigenvalue weighted by Gasteiger charge is -2.22. The highest BCUT2D eigenvalue weighted by atomic mass is 32.2. The highest BCUT2D eigenvalue weighted by Gasteiger charge is 2.44. The molecule has 2 heterocycles. The number of halogens is 1. The minimum atomic E-state index is -4.38. The zero-order valence-electron chi connectivity index (χ0n) is 22.7. The number of hydrogen-bond donors (Lipinski definition) is 2. The molecule has 1 fully saturated rings. The van der Waals surface area contributed by atoms with Crippen LogP contribution in [0.3, 0.4) is 0 Å². The fourth-order valence-corrected chi connectivity index (χ4v) is 6.17. The number of hydrogen-bond acceptors (Lipinski definition) is 11. The van der Waals surface area contributed by atoms with Gasteiger partial charge in [0.25, 0.3) is 5.56 Å². The Morgan fingerprint density at radius 1 is 1.05 bits per heavy atom. The van der Waals surface area contributed by atoms with Crippen LogP contribution in [0, 0.1) is 5.82 Å². The largest absolute Gasteiger partial charge is 0.468 e. The van der Waals surface area contributed by atoms with E-state index in [1.807, 2.05) is 0 Å². The monoisotopic (exact) mass is 618 g/mol. The number of nitrogen functional groups attached to an aromatic ring is 1. The molecule has 14 nitrogen and oxygen atoms in total. The van der Waals surface area contributed by atoms with Gasteiger partial charge >= 0.3 is 17.6 Å². The van der Waals surface area contributed by atoms with E-state index in [9.17, 15) is 41.9 Å². The number of rotatable bonds is 10. The molecule has 228 valence electrons. The second-order valence-electron chi connectivity index (χ2n) is 9.55. The predicted octanol–water partition coefficient (Wildman–Crippen LogP) is -0.497. The molecule has 1 aliphatic heterocycles. The Bertz CT molecular complexity index is 1770. The van der Waals surface area contributed by atoms with Gasteiger partial charge in [-0.1, -0.05) is 30.3 Å². The molecule has 4 rings (SSSR count). The van der Waals surface area contributed by atoms with Crippen molar-refractivity contribution in [3.05, 3.63) is 92.4 Å². The van der Waals surface area contributed by atoms with E-state index >= 15 is 0 Å². The molecule has 0 radical (unpaired) electrons. The summed E-state index contributed by atoms with van der Waals surface area (Å²) in [6.45, 7) is -2.57. The summed E-state index contributed by atoms with van der Waals surface area (Å²) in [4.78, 5) is 64.1. The van der Waals surface area contributed by atoms with E-state index in [1.165, 1.54) is 0 Å². The van der Waals surface area contributed by atoms with Gasteiger partial charge in [0.15, 0.2) is 6.61 Å². The third-order valence-corrected chi connectivity index (χ3v) is 8.61. The summed E-state index contributed by atoms with van der Waals surface area (Å²) < 4.78 is 51.2. The number of benzene rings is 2. The Balaban J connectivity index is 1.62. The Hall–Kier alpha value is -4.67. The summed E-state index contributed by atoms with van der Waals surface area (Å²) >= 11 is 0. The third kappa shape index (κ3) is 6.55. The Morgan fingerprint density at radius 3 is 2.33 bits per heavy atom. The van der Waals surface area contributed by atoms with E-state index in [-0.39, 0.29) is 17.9 Å². The topological polar surface area (TPSA) is 197 Å². The van der Waals surface area contributed by atoms with Crippen LogP contribution in [0.25, 0.3) is 0 Å². The number of ether oxygens (including phenoxy) is 2. The van der Waals surface area contributed by atoms with Gasteiger partial charge in [-0.15, -0.1) is 0 Å². The zero-order valence-corrected chi connectivity index (χ0v) is 23.5. The smallest absolute Gasteiger partial charge is 0.333 e. The first kappa shape index (κ1) is 31.3. The number of esters is 2. The van der Waals surface area contributed by atoms with E-state index in [0.717, 1.165) is 35.9 Å². The standard InChI is InChI=1S/C27H27FN4O10S/c1-41-22(35)14-31-25(36)23(24(29)30(27(31)38)12-16-5-3-2-4-6-16)21(34)15-42-26(37)20-11-18(33)13-32(20)43(39,40)19-9-7-17(28)8-10-19/h2-10,18,20,33H,11-15,29H2,1H3/t18-,20+/m1/s1. The van der Waals surface area contributed by atoms with Crippen LogP contribution >= 0.6 is 0 Å². The first-order chi connectivity index (χ1) is 20.3. The number of aliphatic hydroxyl groups is 1. The van der Waals surface area contributed by atoms with Crippen molar-refractivity contribution in [2.45, 2.75) is 36.6 Å². The maximum Gasteiger partial charge on any atom is 0.333 e. The first-order valence-electron chi connectivity index (χ1n) is 12.7. The van der Waals surface area contributed by atoms with Crippen molar-refractivity contribution in [2.75, 3.05) is 26.0 Å². The molecular weight excluding hydrogens is 591 g/mol. The summed E-state index contributed by atoms with van der Waals surface area (Å²) in [5, 5.41) is 10.1. The van der Waals surface area contributed by atoms with E-state index in [0.29, 0.717) is 14.4 Å². The molecular formula is C27H27FN4O10S. The SMILES string of the molecule is COC(=O)Cn1c(=O)c(C(=O)COC(=O)[C@@H]2C[C@@H](O)CN2S(=O)(=O)c2ccc(F)cc2)c(N)n(Cc2ccccc2)c1=O. The van der Waals surface area contributed by atoms with Gasteiger partial charge in [-0.25, -0.2) is 22.2 Å². The summed E-state index contributed by atoms with van der Waals surface area (Å²) in [6.07, 6.45) is -1.60. The molecule has 16 heteroatoms. The molecule has 0 saturated carbocycles. The van der Waals surface area contributed by atoms with Gasteiger partial charge in [0.2, 0.25) is 15.8 Å². The average molecular weight is 619 g/mol. The summed E-state index contributed by atoms with van der Waals surface area (Å²) in [7, 11) is -3.34. The highest BCUT2D eigenvalue weighted by Crippen LogP contribution is 2.27. The Kier molecular flexibility index (Phi) is 9.22. The molecule has 0 aliphatic carbocycles. The molecule has 0 spiro atoms. The summed E-state index contributed by atoms with van der Waals surface area (Å²) in [5.41, 5.74) is 3.71. The van der Waals surface area contributed by atoms with Crippen LogP contribution in [0.4, 0.5) is 10.2 Å². The normalized spacial score (nSPS) is 17.0. The molecule has 0 bridgehead atoms. The zero-order chi connectivity index (χ0) is 31.5. The molecule has 43 heavy (non-hydrogen) atoms. The third-order valence-electron chi connectivity index (χ3n) is 6.72. The number of nitrogens with two attached hydrogens (primary N) is 1. The minimum Gasteiger partial charge on any atom is -0.468 e. The first-order valence-corrected chi connectivity index (χ1v) is 14.2. The number of anilines is 1. The van der Waals surface area contributed by atoms with Crippen LogP contribution in [-0.4, -0.2) is 77.1 Å². The lowest BCUT2D eigenvalue weighted by Crippen LogP contribution is -2.46. The molecule has 1 aliphatic rings. The molecule has 0 unspecified atom stereocenters. The van der Waals surface area contributed by atoms with Crippen LogP contribution in [0.1, 0.15) is 22.3 Å². The second kappa shape index (κ2) is 12.7. The van der Waals surface area contributed by atoms with Crippen molar-refractivity contribution in [1.29, 1.82) is 0 Å². The van der Waals surface area contributed by atoms with Gasteiger partial charge < -0.3 is 20.3 Å². The van der Waals surface area contributed by atoms with Crippen molar-refractivity contribution < 1.29 is 41.8 Å². The molecule has 0 amide bonds. The number of carbonyl (C=O) groups excluding carboxylic acids is 3. The van der Waals surface area contributed by atoms with E-state index < -0.39 is 88.0 Å². The molecule has 3 aromatic rings. The van der Waals surface area contributed by atoms with Crippen LogP contribution < -0.4 is 17.0 Å². The second-order valence-corrected chi connectivity index (χ2v) is 11.4. The van der Waals surface area contributed by atoms with E-state index in [4.69, 9.17) is 10.5 Å². The number of Topliss-reactive ketones (excluding diaryl/α,β-unsaturated/α-hetero) is 1. The summed E-state index contributed by atoms with van der Waals surface area (Å²) in [5.74, 6) is -4.53. The van der Waals surface area contributed by atoms with Crippen molar-refractivity contribution in [3.63, 3.8) is 0 Å². The Morgan fingerprint density at radius 2 is 1.70 bits per heavy atom. The van der Waals surface area contributed by atoms with Crippen molar-refractivity contribution in [3.8, 4) is 0 Å². The van der Waals surface area contributed by atoms with E-state index in [1.54, 1.807) is 30.3 Å². The van der Waals surface area contributed by atoms with Crippen LogP contribution in [0.5, 0.6) is 0 Å². The van der Waals surface area contributed by atoms with Crippen molar-refractivity contribution >= 4 is 33.6 Å². The highest BCUT2D eigenvalue weighted by molar-refractivity contribution is 7.89. The fourth-order valence-electron chi connectivity index (χ4n) is 4.54. The number of methoxy groups -OCH3 is 1. The number of carbonyl (C=O) groups is 3. The molecule has 3 N–H and O–H groups in total. The van der Waals surface area contributed by atoms with Crippen LogP contribution in [-0.2, 0) is 42.2 Å². The fraction of sp³-hybridized carbons (Fsp3) is 0.296. The maximum absolute atomic E-state index is 13.3. The van der Waals surface area contributed by atoms with Gasteiger partial charge in [0.1, 0.15) is 29.8 Å². The van der Waals surface area contributed by atoms with Crippen molar-refractivity contribution in [2.24, 2.45) is 0 Å². The van der Waals surface area contributed by atoms with Gasteiger partial charge in [-0.3, -0.25) is 23.7 Å². The lowest BCUT2D eigenvalue weighted by atomic mass is 10.1. The van der Waals surface area contributed by atoms with Crippen LogP contribution in [0.2, 0.25) is 0 Å². The summed E-state index contributed by atoms with van der Waals surface area (Å²) in [6, 6.07) is 10.7. The lowest BCUT2D eigenvalue weighted by molar-refractivity contribution is -0.146. The molecule has 1 saturated heterocycles. The minimum absolute atomic E-state index is 0.177. The molecule has 2 aromatic carbocycles. The van der Waals surface area contributed by atoms with Crippen molar-refractivity contribution in [1.82, 2.24) is 13.4 Å². The van der Waals surface area contributed by atoms with Gasteiger partial charge in [-0.2, -0.15) is 4.31 Å². The number of ketones is 1. The van der Waals surface area contributed by atoms with Gasteiger partial charge in [0, 0.05) is 13.0 Å². The maximum atomic E-state index is 13.3. The van der Waals surface area contributed by atoms with Gasteiger partial charge in [0.05, 0.1) is 24.7 Å². The van der Waals surface area contributed by atoms with E-state index in [2.05, 4.69) is 4.74 Å². The van der Waals surface area contributed by atoms with Gasteiger partial charge in [-0.05, 0) is 29.8 Å². The number of aliphatic hydroxyl groups excluding tert-OH is 1. The number of aromatic nitrogens is 2. The molecule has 2 atom stereocenters. The quantitative estimate of drug-likeness (QED) is 0.220. The predicted molar refractivity (Wildman–Crippen MR) is 147 cm³/mol. The average Bonchev–Trinajstić information content (AvgIpc) is 3.39. The number of sulfonamides is 1. The Labute approximate surface area is 243 Å².